The Hall–Kier alpha value is -1.23. The van der Waals surface area contributed by atoms with E-state index in [2.05, 4.69) is 0 Å². The second-order valence-corrected chi connectivity index (χ2v) is 2.69. The summed E-state index contributed by atoms with van der Waals surface area (Å²) in [5, 5.41) is 0. The number of nitrogen functional groups attached to an aromatic ring is 1. The van der Waals surface area contributed by atoms with Gasteiger partial charge in [-0.15, -0.1) is 0 Å². The van der Waals surface area contributed by atoms with Gasteiger partial charge in [0.2, 0.25) is 0 Å². The molecule has 0 amide bonds. The van der Waals surface area contributed by atoms with Crippen LogP contribution in [-0.2, 0) is 0 Å². The number of alkyl halides is 3. The quantitative estimate of drug-likeness (QED) is 0.664. The maximum absolute atomic E-state index is 12.1. The predicted molar refractivity (Wildman–Crippen MR) is 43.8 cm³/mol. The van der Waals surface area contributed by atoms with Crippen molar-refractivity contribution in [2.24, 2.45) is 5.73 Å². The second kappa shape index (κ2) is 3.26. The molecule has 0 aliphatic heterocycles. The Bertz CT molecular complexity index is 296. The topological polar surface area (TPSA) is 52.0 Å². The van der Waals surface area contributed by atoms with E-state index in [-0.39, 0.29) is 11.3 Å². The molecule has 1 rings (SSSR count). The summed E-state index contributed by atoms with van der Waals surface area (Å²) < 4.78 is 36.3. The van der Waals surface area contributed by atoms with Crippen molar-refractivity contribution < 1.29 is 13.2 Å². The van der Waals surface area contributed by atoms with Gasteiger partial charge in [0, 0.05) is 5.69 Å². The monoisotopic (exact) mass is 190 g/mol. The minimum absolute atomic E-state index is 0.0208. The van der Waals surface area contributed by atoms with Gasteiger partial charge in [-0.05, 0) is 17.7 Å². The van der Waals surface area contributed by atoms with E-state index < -0.39 is 12.2 Å². The van der Waals surface area contributed by atoms with E-state index in [1.807, 2.05) is 0 Å². The summed E-state index contributed by atoms with van der Waals surface area (Å²) in [6.45, 7) is 0. The summed E-state index contributed by atoms with van der Waals surface area (Å²) in [4.78, 5) is 0. The highest BCUT2D eigenvalue weighted by molar-refractivity contribution is 5.41. The van der Waals surface area contributed by atoms with Crippen LogP contribution in [0.25, 0.3) is 0 Å². The summed E-state index contributed by atoms with van der Waals surface area (Å²) in [5.74, 6) is 0. The minimum atomic E-state index is -4.42. The summed E-state index contributed by atoms with van der Waals surface area (Å²) in [7, 11) is 0. The summed E-state index contributed by atoms with van der Waals surface area (Å²) in [6, 6.07) is 3.51. The van der Waals surface area contributed by atoms with Crippen molar-refractivity contribution in [3.8, 4) is 0 Å². The molecule has 0 spiro atoms. The molecule has 0 aromatic heterocycles. The van der Waals surface area contributed by atoms with Crippen molar-refractivity contribution in [3.05, 3.63) is 29.8 Å². The number of hydrogen-bond acceptors (Lipinski definition) is 2. The van der Waals surface area contributed by atoms with Crippen LogP contribution in [0.4, 0.5) is 18.9 Å². The average Bonchev–Trinajstić information content (AvgIpc) is 2.01. The van der Waals surface area contributed by atoms with Gasteiger partial charge in [0.1, 0.15) is 6.04 Å². The number of benzene rings is 1. The van der Waals surface area contributed by atoms with Crippen LogP contribution < -0.4 is 11.5 Å². The zero-order chi connectivity index (χ0) is 10.1. The Labute approximate surface area is 73.3 Å². The Morgan fingerprint density at radius 3 is 2.31 bits per heavy atom. The average molecular weight is 190 g/mol. The third-order valence-electron chi connectivity index (χ3n) is 1.62. The van der Waals surface area contributed by atoms with Crippen LogP contribution in [0.1, 0.15) is 11.6 Å². The van der Waals surface area contributed by atoms with Gasteiger partial charge >= 0.3 is 6.18 Å². The van der Waals surface area contributed by atoms with Crippen LogP contribution >= 0.6 is 0 Å². The normalized spacial score (nSPS) is 14.2. The zero-order valence-electron chi connectivity index (χ0n) is 6.68. The first-order valence-corrected chi connectivity index (χ1v) is 3.59. The Kier molecular flexibility index (Phi) is 2.47. The third-order valence-corrected chi connectivity index (χ3v) is 1.62. The SMILES string of the molecule is Nc1cccc([C@@H](N)C(F)(F)F)c1. The van der Waals surface area contributed by atoms with Gasteiger partial charge in [-0.2, -0.15) is 13.2 Å². The van der Waals surface area contributed by atoms with Crippen LogP contribution in [-0.4, -0.2) is 6.18 Å². The lowest BCUT2D eigenvalue weighted by molar-refractivity contribution is -0.149. The molecule has 1 aromatic rings. The molecule has 0 aliphatic rings. The maximum Gasteiger partial charge on any atom is 0.407 e. The number of nitrogens with two attached hydrogens (primary N) is 2. The third kappa shape index (κ3) is 2.35. The largest absolute Gasteiger partial charge is 0.407 e. The fourth-order valence-corrected chi connectivity index (χ4v) is 0.941. The Morgan fingerprint density at radius 1 is 1.23 bits per heavy atom. The highest BCUT2D eigenvalue weighted by Gasteiger charge is 2.37. The molecule has 2 nitrogen and oxygen atoms in total. The van der Waals surface area contributed by atoms with E-state index in [9.17, 15) is 13.2 Å². The Morgan fingerprint density at radius 2 is 1.85 bits per heavy atom. The first-order valence-electron chi connectivity index (χ1n) is 3.59. The molecule has 72 valence electrons. The standard InChI is InChI=1S/C8H9F3N2/c9-8(10,11)7(13)5-2-1-3-6(12)4-5/h1-4,7H,12-13H2/t7-/m1/s1. The van der Waals surface area contributed by atoms with Crippen LogP contribution in [0.3, 0.4) is 0 Å². The molecule has 0 saturated carbocycles. The maximum atomic E-state index is 12.1. The van der Waals surface area contributed by atoms with Gasteiger partial charge in [-0.25, -0.2) is 0 Å². The highest BCUT2D eigenvalue weighted by atomic mass is 19.4. The number of rotatable bonds is 1. The molecule has 0 unspecified atom stereocenters. The van der Waals surface area contributed by atoms with Crippen molar-refractivity contribution >= 4 is 5.69 Å². The molecular weight excluding hydrogens is 181 g/mol. The van der Waals surface area contributed by atoms with Crippen LogP contribution in [0.5, 0.6) is 0 Å². The lowest BCUT2D eigenvalue weighted by Gasteiger charge is -2.15. The van der Waals surface area contributed by atoms with Gasteiger partial charge < -0.3 is 11.5 Å². The fourth-order valence-electron chi connectivity index (χ4n) is 0.941. The van der Waals surface area contributed by atoms with Gasteiger partial charge in [0.25, 0.3) is 0 Å². The highest BCUT2D eigenvalue weighted by Crippen LogP contribution is 2.30. The summed E-state index contributed by atoms with van der Waals surface area (Å²) in [5.41, 5.74) is 10.5. The molecule has 0 radical (unpaired) electrons. The zero-order valence-corrected chi connectivity index (χ0v) is 6.68. The van der Waals surface area contributed by atoms with E-state index in [0.29, 0.717) is 0 Å². The van der Waals surface area contributed by atoms with Gasteiger partial charge in [0.05, 0.1) is 0 Å². The number of hydrogen-bond donors (Lipinski definition) is 2. The molecule has 5 heteroatoms. The predicted octanol–water partition coefficient (Wildman–Crippen LogP) is 1.83. The lowest BCUT2D eigenvalue weighted by atomic mass is 10.1. The van der Waals surface area contributed by atoms with E-state index in [4.69, 9.17) is 11.5 Å². The molecule has 0 heterocycles. The van der Waals surface area contributed by atoms with Gasteiger partial charge in [-0.3, -0.25) is 0 Å². The van der Waals surface area contributed by atoms with Gasteiger partial charge in [-0.1, -0.05) is 12.1 Å². The Balaban J connectivity index is 2.96. The van der Waals surface area contributed by atoms with Crippen LogP contribution in [0.15, 0.2) is 24.3 Å². The first kappa shape index (κ1) is 9.85. The summed E-state index contributed by atoms with van der Waals surface area (Å²) in [6.07, 6.45) is -4.42. The van der Waals surface area contributed by atoms with Crippen molar-refractivity contribution in [2.45, 2.75) is 12.2 Å². The molecule has 1 aromatic carbocycles. The molecule has 4 N–H and O–H groups in total. The molecule has 0 bridgehead atoms. The summed E-state index contributed by atoms with van der Waals surface area (Å²) >= 11 is 0. The van der Waals surface area contributed by atoms with Crippen LogP contribution in [0, 0.1) is 0 Å². The van der Waals surface area contributed by atoms with Crippen molar-refractivity contribution in [2.75, 3.05) is 5.73 Å². The minimum Gasteiger partial charge on any atom is -0.399 e. The fraction of sp³-hybridized carbons (Fsp3) is 0.250. The first-order chi connectivity index (χ1) is 5.91. The van der Waals surface area contributed by atoms with E-state index in [1.54, 1.807) is 0 Å². The molecular formula is C8H9F3N2. The van der Waals surface area contributed by atoms with Crippen molar-refractivity contribution in [3.63, 3.8) is 0 Å². The van der Waals surface area contributed by atoms with E-state index >= 15 is 0 Å². The number of halogens is 3. The van der Waals surface area contributed by atoms with E-state index in [0.717, 1.165) is 0 Å². The molecule has 1 atom stereocenters. The van der Waals surface area contributed by atoms with Crippen LogP contribution in [0.2, 0.25) is 0 Å². The van der Waals surface area contributed by atoms with Gasteiger partial charge in [0.15, 0.2) is 0 Å². The number of anilines is 1. The van der Waals surface area contributed by atoms with Crippen molar-refractivity contribution in [1.29, 1.82) is 0 Å². The second-order valence-electron chi connectivity index (χ2n) is 2.69. The van der Waals surface area contributed by atoms with Crippen molar-refractivity contribution in [1.82, 2.24) is 0 Å². The molecule has 13 heavy (non-hydrogen) atoms. The molecule has 0 aliphatic carbocycles. The molecule has 0 fully saturated rings. The molecule has 0 saturated heterocycles. The van der Waals surface area contributed by atoms with E-state index in [1.165, 1.54) is 24.3 Å². The lowest BCUT2D eigenvalue weighted by Crippen LogP contribution is -2.28. The smallest absolute Gasteiger partial charge is 0.399 e.